The molecule has 5 heteroatoms. The number of hydrogen-bond donors (Lipinski definition) is 0. The Morgan fingerprint density at radius 2 is 1.14 bits per heavy atom. The first kappa shape index (κ1) is 22.1. The fourth-order valence-corrected chi connectivity index (χ4v) is 3.86. The maximum absolute atomic E-state index is 12.8. The van der Waals surface area contributed by atoms with Crippen molar-refractivity contribution in [1.82, 2.24) is 0 Å². The lowest BCUT2D eigenvalue weighted by Crippen LogP contribution is -2.17. The molecular formula is C17H37O4P. The Balaban J connectivity index is 4.70. The molecule has 0 spiro atoms. The topological polar surface area (TPSA) is 44.8 Å². The van der Waals surface area contributed by atoms with Crippen LogP contribution < -0.4 is 0 Å². The molecule has 0 rings (SSSR count). The predicted octanol–water partition coefficient (Wildman–Crippen LogP) is 6.49. The molecule has 0 bridgehead atoms. The van der Waals surface area contributed by atoms with Crippen LogP contribution in [0.3, 0.4) is 0 Å². The van der Waals surface area contributed by atoms with Crippen molar-refractivity contribution in [1.29, 1.82) is 0 Å². The molecule has 0 radical (unpaired) electrons. The summed E-state index contributed by atoms with van der Waals surface area (Å²) in [7, 11) is -2.03. The molecule has 0 N–H and O–H groups in total. The van der Waals surface area contributed by atoms with E-state index in [0.29, 0.717) is 0 Å². The second-order valence-corrected chi connectivity index (χ2v) is 7.63. The molecule has 0 aromatic rings. The molecule has 0 saturated heterocycles. The van der Waals surface area contributed by atoms with Crippen LogP contribution >= 0.6 is 7.82 Å². The Kier molecular flexibility index (Phi) is 13.6. The summed E-state index contributed by atoms with van der Waals surface area (Å²) >= 11 is 0. The summed E-state index contributed by atoms with van der Waals surface area (Å²) in [6.07, 6.45) is 9.90. The molecule has 22 heavy (non-hydrogen) atoms. The molecule has 0 aliphatic heterocycles. The van der Waals surface area contributed by atoms with E-state index in [1.807, 2.05) is 0 Å². The van der Waals surface area contributed by atoms with Crippen LogP contribution in [0.4, 0.5) is 0 Å². The van der Waals surface area contributed by atoms with Crippen LogP contribution in [0.5, 0.6) is 0 Å². The monoisotopic (exact) mass is 336 g/mol. The minimum Gasteiger partial charge on any atom is -0.290 e. The largest absolute Gasteiger partial charge is 0.475 e. The maximum atomic E-state index is 12.8. The molecule has 2 atom stereocenters. The fraction of sp³-hybridized carbons (Fsp3) is 1.00. The molecule has 0 fully saturated rings. The van der Waals surface area contributed by atoms with Gasteiger partial charge in [-0.15, -0.1) is 0 Å². The van der Waals surface area contributed by atoms with Crippen molar-refractivity contribution in [3.8, 4) is 0 Å². The Morgan fingerprint density at radius 3 is 1.41 bits per heavy atom. The van der Waals surface area contributed by atoms with Crippen LogP contribution in [0, 0.1) is 0 Å². The van der Waals surface area contributed by atoms with Gasteiger partial charge in [-0.2, -0.15) is 0 Å². The maximum Gasteiger partial charge on any atom is 0.475 e. The summed E-state index contributed by atoms with van der Waals surface area (Å²) in [5, 5.41) is 0. The van der Waals surface area contributed by atoms with Crippen LogP contribution in [0.15, 0.2) is 0 Å². The van der Waals surface area contributed by atoms with E-state index in [1.165, 1.54) is 7.11 Å². The van der Waals surface area contributed by atoms with Crippen molar-refractivity contribution in [3.63, 3.8) is 0 Å². The molecule has 2 unspecified atom stereocenters. The second kappa shape index (κ2) is 13.5. The molecule has 0 aromatic carbocycles. The molecular weight excluding hydrogens is 299 g/mol. The van der Waals surface area contributed by atoms with E-state index >= 15 is 0 Å². The van der Waals surface area contributed by atoms with Crippen molar-refractivity contribution in [2.75, 3.05) is 7.11 Å². The molecule has 134 valence electrons. The van der Waals surface area contributed by atoms with E-state index in [-0.39, 0.29) is 12.2 Å². The molecule has 0 amide bonds. The number of rotatable bonds is 15. The smallest absolute Gasteiger partial charge is 0.290 e. The van der Waals surface area contributed by atoms with Crippen molar-refractivity contribution in [3.05, 3.63) is 0 Å². The lowest BCUT2D eigenvalue weighted by molar-refractivity contribution is 0.0494. The van der Waals surface area contributed by atoms with Crippen LogP contribution in [0.2, 0.25) is 0 Å². The van der Waals surface area contributed by atoms with Gasteiger partial charge < -0.3 is 0 Å². The second-order valence-electron chi connectivity index (χ2n) is 5.95. The Morgan fingerprint density at radius 1 is 0.727 bits per heavy atom. The van der Waals surface area contributed by atoms with Crippen LogP contribution in [-0.4, -0.2) is 19.3 Å². The van der Waals surface area contributed by atoms with Gasteiger partial charge in [0.15, 0.2) is 0 Å². The normalized spacial score (nSPS) is 17.1. The van der Waals surface area contributed by atoms with Crippen LogP contribution in [0.25, 0.3) is 0 Å². The highest BCUT2D eigenvalue weighted by Gasteiger charge is 2.32. The highest BCUT2D eigenvalue weighted by molar-refractivity contribution is 7.48. The Labute approximate surface area is 137 Å². The first-order valence-electron chi connectivity index (χ1n) is 9.07. The van der Waals surface area contributed by atoms with Crippen molar-refractivity contribution in [2.45, 2.75) is 104 Å². The molecule has 0 saturated carbocycles. The van der Waals surface area contributed by atoms with Crippen molar-refractivity contribution in [2.24, 2.45) is 0 Å². The van der Waals surface area contributed by atoms with Crippen LogP contribution in [0.1, 0.15) is 91.9 Å². The number of hydrogen-bond acceptors (Lipinski definition) is 4. The van der Waals surface area contributed by atoms with E-state index in [1.54, 1.807) is 0 Å². The first-order valence-corrected chi connectivity index (χ1v) is 10.5. The standard InChI is InChI=1S/C17H37O4P/c1-6-10-14-16(12-8-3)20-22(18,19-5)21-17(13-9-4)15-11-7-2/h16-17H,6-15H2,1-5H3. The summed E-state index contributed by atoms with van der Waals surface area (Å²) in [5.41, 5.74) is 0. The summed E-state index contributed by atoms with van der Waals surface area (Å²) in [5.74, 6) is 0. The summed E-state index contributed by atoms with van der Waals surface area (Å²) < 4.78 is 29.6. The van der Waals surface area contributed by atoms with E-state index in [9.17, 15) is 4.57 Å². The van der Waals surface area contributed by atoms with E-state index in [0.717, 1.165) is 64.2 Å². The zero-order chi connectivity index (χ0) is 16.8. The lowest BCUT2D eigenvalue weighted by Gasteiger charge is -2.26. The third-order valence-corrected chi connectivity index (χ3v) is 5.32. The van der Waals surface area contributed by atoms with Gasteiger partial charge in [-0.05, 0) is 25.7 Å². The number of unbranched alkanes of at least 4 members (excludes halogenated alkanes) is 2. The van der Waals surface area contributed by atoms with Gasteiger partial charge in [0.05, 0.1) is 12.2 Å². The van der Waals surface area contributed by atoms with Gasteiger partial charge in [-0.1, -0.05) is 66.2 Å². The number of phosphoric acid groups is 1. The van der Waals surface area contributed by atoms with Gasteiger partial charge in [0.1, 0.15) is 0 Å². The van der Waals surface area contributed by atoms with Gasteiger partial charge in [0, 0.05) is 7.11 Å². The van der Waals surface area contributed by atoms with E-state index in [4.69, 9.17) is 13.6 Å². The van der Waals surface area contributed by atoms with E-state index in [2.05, 4.69) is 27.7 Å². The van der Waals surface area contributed by atoms with E-state index < -0.39 is 7.82 Å². The summed E-state index contributed by atoms with van der Waals surface area (Å²) in [4.78, 5) is 0. The van der Waals surface area contributed by atoms with Crippen LogP contribution in [-0.2, 0) is 18.1 Å². The molecule has 0 aliphatic carbocycles. The molecule has 0 aromatic heterocycles. The van der Waals surface area contributed by atoms with Gasteiger partial charge in [-0.3, -0.25) is 13.6 Å². The summed E-state index contributed by atoms with van der Waals surface area (Å²) in [6.45, 7) is 8.53. The van der Waals surface area contributed by atoms with Crippen molar-refractivity contribution >= 4 is 7.82 Å². The Hall–Kier alpha value is 0.110. The van der Waals surface area contributed by atoms with Crippen molar-refractivity contribution < 1.29 is 18.1 Å². The Bertz CT molecular complexity index is 272. The first-order chi connectivity index (χ1) is 10.5. The minimum atomic E-state index is -3.45. The average Bonchev–Trinajstić information content (AvgIpc) is 2.50. The third-order valence-electron chi connectivity index (χ3n) is 3.76. The lowest BCUT2D eigenvalue weighted by atomic mass is 10.1. The quantitative estimate of drug-likeness (QED) is 0.320. The van der Waals surface area contributed by atoms with Gasteiger partial charge in [0.2, 0.25) is 0 Å². The SMILES string of the molecule is CCCCC(CCC)OP(=O)(OC)OC(CCC)CCCC. The van der Waals surface area contributed by atoms with Gasteiger partial charge in [0.25, 0.3) is 0 Å². The highest BCUT2D eigenvalue weighted by Crippen LogP contribution is 2.52. The minimum absolute atomic E-state index is 0.0378. The molecule has 0 aliphatic rings. The van der Waals surface area contributed by atoms with Gasteiger partial charge >= 0.3 is 7.82 Å². The average molecular weight is 336 g/mol. The number of phosphoric ester groups is 1. The fourth-order valence-electron chi connectivity index (χ4n) is 2.48. The highest BCUT2D eigenvalue weighted by atomic mass is 31.2. The predicted molar refractivity (Wildman–Crippen MR) is 93.2 cm³/mol. The summed E-state index contributed by atoms with van der Waals surface area (Å²) in [6, 6.07) is 0. The zero-order valence-electron chi connectivity index (χ0n) is 15.3. The third kappa shape index (κ3) is 9.99. The zero-order valence-corrected chi connectivity index (χ0v) is 16.2. The molecule has 4 nitrogen and oxygen atoms in total. The van der Waals surface area contributed by atoms with Gasteiger partial charge in [-0.25, -0.2) is 4.57 Å². The molecule has 0 heterocycles.